The van der Waals surface area contributed by atoms with Gasteiger partial charge in [-0.2, -0.15) is 0 Å². The maximum atomic E-state index is 13.6. The molecule has 0 spiro atoms. The van der Waals surface area contributed by atoms with E-state index < -0.39 is 18.0 Å². The molecule has 0 heterocycles. The molecular formula is C39H60O6. The van der Waals surface area contributed by atoms with Crippen molar-refractivity contribution in [3.05, 3.63) is 12.2 Å². The van der Waals surface area contributed by atoms with Crippen LogP contribution in [0.15, 0.2) is 12.2 Å². The number of carboxylic acid groups (broad SMARTS) is 1. The van der Waals surface area contributed by atoms with Crippen LogP contribution in [0.25, 0.3) is 0 Å². The van der Waals surface area contributed by atoms with Gasteiger partial charge in [0.25, 0.3) is 0 Å². The number of carbonyl (C=O) groups is 3. The maximum absolute atomic E-state index is 13.6. The topological polar surface area (TPSA) is 101 Å². The fourth-order valence-electron chi connectivity index (χ4n) is 13.8. The van der Waals surface area contributed by atoms with Gasteiger partial charge in [-0.3, -0.25) is 14.4 Å². The number of Topliss-reactive ketones (excluding diaryl/α,β-unsaturated/α-hetero) is 1. The Morgan fingerprint density at radius 1 is 0.800 bits per heavy atom. The first kappa shape index (κ1) is 33.2. The number of carbonyl (C=O) groups excluding carboxylic acids is 2. The van der Waals surface area contributed by atoms with Crippen LogP contribution in [0.4, 0.5) is 0 Å². The van der Waals surface area contributed by atoms with Crippen molar-refractivity contribution in [2.75, 3.05) is 6.61 Å². The molecule has 6 saturated carbocycles. The first-order valence-electron chi connectivity index (χ1n) is 18.0. The number of allylic oxidation sites excluding steroid dienone is 1. The van der Waals surface area contributed by atoms with Crippen molar-refractivity contribution >= 4 is 17.7 Å². The summed E-state index contributed by atoms with van der Waals surface area (Å²) in [5.74, 6) is 0.590. The number of fused-ring (bicyclic) bond motifs is 7. The molecule has 6 nitrogen and oxygen atoms in total. The Hall–Kier alpha value is -1.69. The minimum atomic E-state index is -0.595. The summed E-state index contributed by atoms with van der Waals surface area (Å²) in [4.78, 5) is 38.5. The quantitative estimate of drug-likeness (QED) is 0.221. The van der Waals surface area contributed by atoms with Gasteiger partial charge in [0.2, 0.25) is 0 Å². The summed E-state index contributed by atoms with van der Waals surface area (Å²) in [7, 11) is 0. The van der Waals surface area contributed by atoms with Crippen LogP contribution in [-0.4, -0.2) is 40.6 Å². The molecule has 0 radical (unpaired) electrons. The van der Waals surface area contributed by atoms with E-state index in [2.05, 4.69) is 48.1 Å². The van der Waals surface area contributed by atoms with Gasteiger partial charge in [0.15, 0.2) is 5.78 Å². The van der Waals surface area contributed by atoms with E-state index >= 15 is 0 Å². The van der Waals surface area contributed by atoms with Gasteiger partial charge in [-0.05, 0) is 128 Å². The predicted molar refractivity (Wildman–Crippen MR) is 174 cm³/mol. The van der Waals surface area contributed by atoms with Crippen molar-refractivity contribution in [2.24, 2.45) is 73.9 Å². The van der Waals surface area contributed by atoms with Crippen molar-refractivity contribution < 1.29 is 29.3 Å². The van der Waals surface area contributed by atoms with Gasteiger partial charge in [-0.25, -0.2) is 0 Å². The summed E-state index contributed by atoms with van der Waals surface area (Å²) in [5, 5.41) is 19.9. The van der Waals surface area contributed by atoms with Crippen LogP contribution in [0.2, 0.25) is 0 Å². The molecule has 0 aromatic rings. The highest BCUT2D eigenvalue weighted by molar-refractivity contribution is 5.84. The fourth-order valence-corrected chi connectivity index (χ4v) is 13.8. The van der Waals surface area contributed by atoms with Crippen LogP contribution in [0.3, 0.4) is 0 Å². The molecule has 0 aliphatic heterocycles. The van der Waals surface area contributed by atoms with Crippen molar-refractivity contribution in [1.29, 1.82) is 0 Å². The first-order valence-corrected chi connectivity index (χ1v) is 18.0. The summed E-state index contributed by atoms with van der Waals surface area (Å²) < 4.78 is 6.41. The number of aliphatic carboxylic acids is 1. The number of hydrogen-bond donors (Lipinski definition) is 2. The number of ether oxygens (including phenoxy) is 1. The van der Waals surface area contributed by atoms with E-state index in [0.29, 0.717) is 23.7 Å². The van der Waals surface area contributed by atoms with Gasteiger partial charge in [-0.15, -0.1) is 0 Å². The number of rotatable bonds is 7. The molecule has 6 heteroatoms. The van der Waals surface area contributed by atoms with Crippen LogP contribution >= 0.6 is 0 Å². The van der Waals surface area contributed by atoms with Crippen molar-refractivity contribution in [2.45, 2.75) is 132 Å². The zero-order valence-electron chi connectivity index (χ0n) is 29.3. The number of carboxylic acids is 1. The second-order valence-corrected chi connectivity index (χ2v) is 18.7. The average molecular weight is 625 g/mol. The summed E-state index contributed by atoms with van der Waals surface area (Å²) in [6.07, 6.45) is 10.0. The van der Waals surface area contributed by atoms with Crippen LogP contribution in [0, 0.1) is 73.9 Å². The molecule has 6 aliphatic carbocycles. The Kier molecular flexibility index (Phi) is 7.68. The molecule has 45 heavy (non-hydrogen) atoms. The van der Waals surface area contributed by atoms with E-state index in [9.17, 15) is 24.6 Å². The molecule has 6 aliphatic rings. The highest BCUT2D eigenvalue weighted by atomic mass is 16.5. The SMILES string of the molecule is C=C(C)[C@@H]1CC[C@]2(C(=O)O)CC[C@]3(C)[C@H](CC[C@@H]4[C@@]5(C)CC[C@H](OC(=O)[C@H]6[C@@H](CC(=O)CO)C6(C)C)C(C)(C)[C@@H]5CC[C@]43C)[C@@H]12. The van der Waals surface area contributed by atoms with E-state index in [1.165, 1.54) is 5.57 Å². The minimum Gasteiger partial charge on any atom is -0.481 e. The van der Waals surface area contributed by atoms with E-state index in [-0.39, 0.29) is 69.1 Å². The zero-order chi connectivity index (χ0) is 33.1. The Balaban J connectivity index is 1.24. The van der Waals surface area contributed by atoms with Gasteiger partial charge in [0.1, 0.15) is 12.7 Å². The minimum absolute atomic E-state index is 0.0624. The third-order valence-corrected chi connectivity index (χ3v) is 16.6. The van der Waals surface area contributed by atoms with Crippen molar-refractivity contribution in [3.8, 4) is 0 Å². The van der Waals surface area contributed by atoms with Gasteiger partial charge < -0.3 is 14.9 Å². The molecule has 252 valence electrons. The first-order chi connectivity index (χ1) is 20.8. The number of aliphatic hydroxyl groups is 1. The normalized spacial score (nSPS) is 49.0. The number of hydrogen-bond acceptors (Lipinski definition) is 5. The van der Waals surface area contributed by atoms with Crippen molar-refractivity contribution in [1.82, 2.24) is 0 Å². The molecule has 6 fully saturated rings. The lowest BCUT2D eigenvalue weighted by Gasteiger charge is -2.72. The van der Waals surface area contributed by atoms with Crippen molar-refractivity contribution in [3.63, 3.8) is 0 Å². The second-order valence-electron chi connectivity index (χ2n) is 18.7. The Morgan fingerprint density at radius 3 is 2.11 bits per heavy atom. The number of aliphatic hydroxyl groups excluding tert-OH is 1. The Morgan fingerprint density at radius 2 is 1.49 bits per heavy atom. The third-order valence-electron chi connectivity index (χ3n) is 16.6. The number of esters is 1. The Labute approximate surface area is 271 Å². The molecule has 12 atom stereocenters. The summed E-state index contributed by atoms with van der Waals surface area (Å²) in [6.45, 7) is 22.4. The molecule has 6 rings (SSSR count). The lowest BCUT2D eigenvalue weighted by atomic mass is 9.32. The maximum Gasteiger partial charge on any atom is 0.310 e. The van der Waals surface area contributed by atoms with Crippen LogP contribution in [-0.2, 0) is 19.1 Å². The molecule has 0 unspecified atom stereocenters. The van der Waals surface area contributed by atoms with Gasteiger partial charge in [0.05, 0.1) is 11.3 Å². The van der Waals surface area contributed by atoms with E-state index in [0.717, 1.165) is 64.2 Å². The highest BCUT2D eigenvalue weighted by Crippen LogP contribution is 2.77. The third kappa shape index (κ3) is 4.38. The monoisotopic (exact) mass is 624 g/mol. The molecule has 0 aromatic carbocycles. The molecule has 0 bridgehead atoms. The molecule has 0 amide bonds. The second kappa shape index (κ2) is 10.4. The lowest BCUT2D eigenvalue weighted by molar-refractivity contribution is -0.250. The fraction of sp³-hybridized carbons (Fsp3) is 0.872. The molecule has 0 aromatic heterocycles. The standard InChI is InChI=1S/C39H60O6/c1-22(2)24-12-17-39(33(43)44)19-18-37(8)25(30(24)39)10-11-28-36(7)15-14-29(35(5,6)27(36)13-16-38(28,37)9)45-32(42)31-26(34(31,3)4)20-23(41)21-40/h24-31,40H,1,10-21H2,2-9H3,(H,43,44)/t24-,25+,26+,27-,28+,29-,30+,31+,36-,37+,38+,39-/m0/s1. The molecule has 2 N–H and O–H groups in total. The van der Waals surface area contributed by atoms with Gasteiger partial charge in [-0.1, -0.05) is 60.6 Å². The molecular weight excluding hydrogens is 564 g/mol. The van der Waals surface area contributed by atoms with Crippen LogP contribution in [0.5, 0.6) is 0 Å². The van der Waals surface area contributed by atoms with Gasteiger partial charge >= 0.3 is 11.9 Å². The average Bonchev–Trinajstić information content (AvgIpc) is 3.28. The summed E-state index contributed by atoms with van der Waals surface area (Å²) >= 11 is 0. The smallest absolute Gasteiger partial charge is 0.310 e. The summed E-state index contributed by atoms with van der Waals surface area (Å²) in [5.41, 5.74) is 0.492. The zero-order valence-corrected chi connectivity index (χ0v) is 29.3. The lowest BCUT2D eigenvalue weighted by Crippen LogP contribution is -2.67. The largest absolute Gasteiger partial charge is 0.481 e. The van der Waals surface area contributed by atoms with Crippen LogP contribution < -0.4 is 0 Å². The molecule has 0 saturated heterocycles. The summed E-state index contributed by atoms with van der Waals surface area (Å²) in [6, 6.07) is 0. The highest BCUT2D eigenvalue weighted by Gasteiger charge is 2.72. The van der Waals surface area contributed by atoms with E-state index in [4.69, 9.17) is 4.74 Å². The van der Waals surface area contributed by atoms with E-state index in [1.54, 1.807) is 0 Å². The number of ketones is 1. The van der Waals surface area contributed by atoms with E-state index in [1.807, 2.05) is 13.8 Å². The Bertz CT molecular complexity index is 1280. The van der Waals surface area contributed by atoms with Crippen LogP contribution in [0.1, 0.15) is 126 Å². The van der Waals surface area contributed by atoms with Gasteiger partial charge in [0, 0.05) is 11.8 Å². The predicted octanol–water partition coefficient (Wildman–Crippen LogP) is 7.86.